The fourth-order valence-electron chi connectivity index (χ4n) is 3.80. The van der Waals surface area contributed by atoms with E-state index in [9.17, 15) is 10.1 Å². The van der Waals surface area contributed by atoms with Gasteiger partial charge in [0.05, 0.1) is 40.6 Å². The summed E-state index contributed by atoms with van der Waals surface area (Å²) in [6.45, 7) is 2.33. The summed E-state index contributed by atoms with van der Waals surface area (Å²) in [5.74, 6) is 0. The molecule has 0 radical (unpaired) electrons. The van der Waals surface area contributed by atoms with Crippen molar-refractivity contribution in [3.05, 3.63) is 94.0 Å². The van der Waals surface area contributed by atoms with Crippen LogP contribution >= 0.6 is 0 Å². The molecule has 0 atom stereocenters. The number of pyridine rings is 1. The Morgan fingerprint density at radius 3 is 2.65 bits per heavy atom. The highest BCUT2D eigenvalue weighted by Gasteiger charge is 2.16. The Kier molecular flexibility index (Phi) is 4.45. The molecule has 0 aliphatic carbocycles. The summed E-state index contributed by atoms with van der Waals surface area (Å²) in [5.41, 5.74) is 5.66. The van der Waals surface area contributed by atoms with Gasteiger partial charge in [-0.25, -0.2) is 4.98 Å². The van der Waals surface area contributed by atoms with Crippen LogP contribution in [0.1, 0.15) is 16.8 Å². The standard InChI is InChI=1S/C24H18N6O/c1-15-23(24(31)28-27-15)22-12-19(18-8-4-5-9-20(18)26-22)21-10-11-30(29-21)14-17-7-3-2-6-16(17)13-25/h2-12H,14H2,1H3,(H2,27,28,31). The highest BCUT2D eigenvalue weighted by molar-refractivity contribution is 5.95. The van der Waals surface area contributed by atoms with E-state index in [2.05, 4.69) is 16.3 Å². The molecule has 150 valence electrons. The highest BCUT2D eigenvalue weighted by Crippen LogP contribution is 2.31. The van der Waals surface area contributed by atoms with E-state index >= 15 is 0 Å². The number of benzene rings is 2. The topological polar surface area (TPSA) is 103 Å². The third-order valence-electron chi connectivity index (χ3n) is 5.32. The zero-order chi connectivity index (χ0) is 21.4. The number of hydrogen-bond donors (Lipinski definition) is 2. The van der Waals surface area contributed by atoms with Crippen molar-refractivity contribution in [2.75, 3.05) is 0 Å². The van der Waals surface area contributed by atoms with Crippen LogP contribution in [0.15, 0.2) is 71.7 Å². The van der Waals surface area contributed by atoms with Crippen LogP contribution in [0.2, 0.25) is 0 Å². The maximum absolute atomic E-state index is 12.3. The maximum atomic E-state index is 12.3. The minimum absolute atomic E-state index is 0.204. The first-order chi connectivity index (χ1) is 15.1. The molecule has 0 saturated carbocycles. The van der Waals surface area contributed by atoms with E-state index < -0.39 is 0 Å². The van der Waals surface area contributed by atoms with E-state index in [0.717, 1.165) is 33.4 Å². The lowest BCUT2D eigenvalue weighted by molar-refractivity contribution is 0.688. The smallest absolute Gasteiger partial charge is 0.273 e. The second kappa shape index (κ2) is 7.43. The number of rotatable bonds is 4. The number of nitrogens with zero attached hydrogens (tertiary/aromatic N) is 4. The summed E-state index contributed by atoms with van der Waals surface area (Å²) in [5, 5.41) is 20.5. The Morgan fingerprint density at radius 2 is 1.84 bits per heavy atom. The van der Waals surface area contributed by atoms with Gasteiger partial charge in [0.15, 0.2) is 0 Å². The lowest BCUT2D eigenvalue weighted by Gasteiger charge is -2.08. The van der Waals surface area contributed by atoms with Gasteiger partial charge < -0.3 is 5.10 Å². The molecule has 0 spiro atoms. The van der Waals surface area contributed by atoms with E-state index in [1.54, 1.807) is 6.07 Å². The van der Waals surface area contributed by atoms with Crippen LogP contribution in [0.4, 0.5) is 0 Å². The zero-order valence-electron chi connectivity index (χ0n) is 16.8. The maximum Gasteiger partial charge on any atom is 0.273 e. The quantitative estimate of drug-likeness (QED) is 0.471. The lowest BCUT2D eigenvalue weighted by Crippen LogP contribution is -2.04. The molecule has 0 saturated heterocycles. The number of nitriles is 1. The first-order valence-electron chi connectivity index (χ1n) is 9.83. The Labute approximate surface area is 177 Å². The predicted octanol–water partition coefficient (Wildman–Crippen LogP) is 4.01. The second-order valence-electron chi connectivity index (χ2n) is 7.32. The third-order valence-corrected chi connectivity index (χ3v) is 5.32. The zero-order valence-corrected chi connectivity index (χ0v) is 16.8. The summed E-state index contributed by atoms with van der Waals surface area (Å²) >= 11 is 0. The molecule has 2 N–H and O–H groups in total. The summed E-state index contributed by atoms with van der Waals surface area (Å²) in [4.78, 5) is 17.0. The summed E-state index contributed by atoms with van der Waals surface area (Å²) in [7, 11) is 0. The van der Waals surface area contributed by atoms with Crippen LogP contribution < -0.4 is 5.56 Å². The first-order valence-corrected chi connectivity index (χ1v) is 9.83. The van der Waals surface area contributed by atoms with Gasteiger partial charge >= 0.3 is 0 Å². The lowest BCUT2D eigenvalue weighted by atomic mass is 10.0. The van der Waals surface area contributed by atoms with E-state index in [-0.39, 0.29) is 5.56 Å². The van der Waals surface area contributed by atoms with Crippen LogP contribution in [-0.4, -0.2) is 25.0 Å². The van der Waals surface area contributed by atoms with Gasteiger partial charge in [-0.3, -0.25) is 14.6 Å². The van der Waals surface area contributed by atoms with Crippen LogP contribution in [0.3, 0.4) is 0 Å². The van der Waals surface area contributed by atoms with Crippen molar-refractivity contribution in [2.45, 2.75) is 13.5 Å². The predicted molar refractivity (Wildman–Crippen MR) is 118 cm³/mol. The molecule has 0 unspecified atom stereocenters. The van der Waals surface area contributed by atoms with Crippen molar-refractivity contribution in [1.82, 2.24) is 25.0 Å². The van der Waals surface area contributed by atoms with Crippen molar-refractivity contribution < 1.29 is 0 Å². The SMILES string of the molecule is Cc1[nH][nH]c(=O)c1-c1cc(-c2ccn(Cc3ccccc3C#N)n2)c2ccccc2n1. The number of fused-ring (bicyclic) bond motifs is 1. The number of aromatic nitrogens is 5. The molecule has 3 aromatic heterocycles. The van der Waals surface area contributed by atoms with Crippen molar-refractivity contribution in [1.29, 1.82) is 5.26 Å². The van der Waals surface area contributed by atoms with Gasteiger partial charge in [0.2, 0.25) is 0 Å². The fourth-order valence-corrected chi connectivity index (χ4v) is 3.80. The Bertz CT molecular complexity index is 1520. The monoisotopic (exact) mass is 406 g/mol. The molecule has 0 fully saturated rings. The molecule has 0 bridgehead atoms. The van der Waals surface area contributed by atoms with Crippen LogP contribution in [-0.2, 0) is 6.54 Å². The van der Waals surface area contributed by atoms with Crippen LogP contribution in [0.25, 0.3) is 33.4 Å². The van der Waals surface area contributed by atoms with Crippen molar-refractivity contribution in [2.24, 2.45) is 0 Å². The van der Waals surface area contributed by atoms with Gasteiger partial charge in [-0.15, -0.1) is 0 Å². The average molecular weight is 406 g/mol. The largest absolute Gasteiger partial charge is 0.302 e. The molecule has 5 rings (SSSR count). The number of hydrogen-bond acceptors (Lipinski definition) is 4. The Morgan fingerprint density at radius 1 is 1.03 bits per heavy atom. The van der Waals surface area contributed by atoms with E-state index in [1.165, 1.54) is 0 Å². The second-order valence-corrected chi connectivity index (χ2v) is 7.32. The van der Waals surface area contributed by atoms with Crippen molar-refractivity contribution >= 4 is 10.9 Å². The van der Waals surface area contributed by atoms with Gasteiger partial charge in [-0.05, 0) is 36.8 Å². The number of aromatic amines is 2. The Hall–Kier alpha value is -4.44. The third kappa shape index (κ3) is 3.30. The molecule has 2 aromatic carbocycles. The fraction of sp³-hybridized carbons (Fsp3) is 0.0833. The molecular weight excluding hydrogens is 388 g/mol. The number of para-hydroxylation sites is 1. The molecule has 0 aliphatic heterocycles. The Balaban J connectivity index is 1.62. The van der Waals surface area contributed by atoms with Crippen molar-refractivity contribution in [3.8, 4) is 28.6 Å². The van der Waals surface area contributed by atoms with Crippen LogP contribution in [0, 0.1) is 18.3 Å². The van der Waals surface area contributed by atoms with Crippen LogP contribution in [0.5, 0.6) is 0 Å². The summed E-state index contributed by atoms with van der Waals surface area (Å²) < 4.78 is 1.81. The summed E-state index contributed by atoms with van der Waals surface area (Å²) in [6.07, 6.45) is 1.90. The van der Waals surface area contributed by atoms with Gasteiger partial charge in [-0.1, -0.05) is 36.4 Å². The number of aryl methyl sites for hydroxylation is 1. The molecule has 31 heavy (non-hydrogen) atoms. The van der Waals surface area contributed by atoms with E-state index in [4.69, 9.17) is 10.1 Å². The van der Waals surface area contributed by atoms with Gasteiger partial charge in [0.1, 0.15) is 0 Å². The van der Waals surface area contributed by atoms with Gasteiger partial charge in [-0.2, -0.15) is 10.4 Å². The number of nitrogens with one attached hydrogen (secondary N) is 2. The molecule has 7 heteroatoms. The molecule has 3 heterocycles. The molecule has 5 aromatic rings. The summed E-state index contributed by atoms with van der Waals surface area (Å²) in [6, 6.07) is 21.4. The average Bonchev–Trinajstić information content (AvgIpc) is 3.39. The minimum Gasteiger partial charge on any atom is -0.302 e. The van der Waals surface area contributed by atoms with Gasteiger partial charge in [0, 0.05) is 22.8 Å². The molecular formula is C24H18N6O. The van der Waals surface area contributed by atoms with Crippen molar-refractivity contribution in [3.63, 3.8) is 0 Å². The molecule has 0 amide bonds. The minimum atomic E-state index is -0.204. The normalized spacial score (nSPS) is 11.0. The number of H-pyrrole nitrogens is 2. The highest BCUT2D eigenvalue weighted by atomic mass is 16.1. The van der Waals surface area contributed by atoms with E-state index in [1.807, 2.05) is 72.4 Å². The molecule has 7 nitrogen and oxygen atoms in total. The van der Waals surface area contributed by atoms with E-state index in [0.29, 0.717) is 23.4 Å². The molecule has 0 aliphatic rings. The first kappa shape index (κ1) is 18.6. The van der Waals surface area contributed by atoms with Gasteiger partial charge in [0.25, 0.3) is 5.56 Å².